The summed E-state index contributed by atoms with van der Waals surface area (Å²) in [6.45, 7) is 3.25. The highest BCUT2D eigenvalue weighted by Crippen LogP contribution is 2.32. The van der Waals surface area contributed by atoms with Gasteiger partial charge in [-0.1, -0.05) is 12.1 Å². The molecule has 1 aromatic rings. The zero-order valence-corrected chi connectivity index (χ0v) is 14.0. The summed E-state index contributed by atoms with van der Waals surface area (Å²) >= 11 is 0. The normalized spacial score (nSPS) is 14.8. The van der Waals surface area contributed by atoms with E-state index < -0.39 is 0 Å². The van der Waals surface area contributed by atoms with E-state index in [1.807, 2.05) is 31.2 Å². The van der Waals surface area contributed by atoms with Crippen LogP contribution in [0.25, 0.3) is 0 Å². The van der Waals surface area contributed by atoms with Crippen LogP contribution in [0.5, 0.6) is 5.75 Å². The van der Waals surface area contributed by atoms with Crippen molar-refractivity contribution in [2.75, 3.05) is 13.2 Å². The second-order valence-electron chi connectivity index (χ2n) is 5.87. The molecular weight excluding hydrogens is 300 g/mol. The van der Waals surface area contributed by atoms with Gasteiger partial charge in [0.25, 0.3) is 0 Å². The highest BCUT2D eigenvalue weighted by Gasteiger charge is 2.30. The Morgan fingerprint density at radius 3 is 2.82 bits per heavy atom. The summed E-state index contributed by atoms with van der Waals surface area (Å²) in [4.78, 5) is 11.8. The maximum absolute atomic E-state index is 11.8. The lowest BCUT2D eigenvalue weighted by atomic mass is 10.1. The average Bonchev–Trinajstić information content (AvgIpc) is 3.29. The second-order valence-corrected chi connectivity index (χ2v) is 5.87. The van der Waals surface area contributed by atoms with Crippen LogP contribution in [0, 0.1) is 12.8 Å². The molecule has 0 bridgehead atoms. The molecule has 1 aromatic carbocycles. The quantitative estimate of drug-likeness (QED) is 0.686. The van der Waals surface area contributed by atoms with Gasteiger partial charge in [-0.3, -0.25) is 4.79 Å². The minimum Gasteiger partial charge on any atom is -0.494 e. The van der Waals surface area contributed by atoms with Gasteiger partial charge in [-0.2, -0.15) is 0 Å². The molecule has 22 heavy (non-hydrogen) atoms. The molecule has 0 radical (unpaired) electrons. The number of rotatable bonds is 9. The first-order valence-electron chi connectivity index (χ1n) is 7.88. The summed E-state index contributed by atoms with van der Waals surface area (Å²) in [5.74, 6) is 1.63. The minimum atomic E-state index is 0. The maximum atomic E-state index is 11.8. The van der Waals surface area contributed by atoms with Crippen LogP contribution in [0.1, 0.15) is 37.7 Å². The van der Waals surface area contributed by atoms with Crippen molar-refractivity contribution in [3.63, 3.8) is 0 Å². The number of nitrogens with two attached hydrogens (primary N) is 1. The Morgan fingerprint density at radius 2 is 2.18 bits per heavy atom. The fourth-order valence-corrected chi connectivity index (χ4v) is 2.43. The van der Waals surface area contributed by atoms with E-state index in [9.17, 15) is 4.79 Å². The van der Waals surface area contributed by atoms with Gasteiger partial charge in [-0.05, 0) is 56.2 Å². The van der Waals surface area contributed by atoms with Crippen molar-refractivity contribution < 1.29 is 9.53 Å². The van der Waals surface area contributed by atoms with Crippen molar-refractivity contribution in [1.29, 1.82) is 0 Å². The molecule has 1 unspecified atom stereocenters. The molecule has 4 nitrogen and oxygen atoms in total. The summed E-state index contributed by atoms with van der Waals surface area (Å²) in [6.07, 6.45) is 4.69. The molecule has 1 fully saturated rings. The van der Waals surface area contributed by atoms with Crippen LogP contribution in [0.3, 0.4) is 0 Å². The van der Waals surface area contributed by atoms with E-state index in [1.165, 1.54) is 18.4 Å². The summed E-state index contributed by atoms with van der Waals surface area (Å²) in [7, 11) is 0. The zero-order valence-electron chi connectivity index (χ0n) is 13.2. The molecule has 124 valence electrons. The molecular formula is C17H27ClN2O2. The summed E-state index contributed by atoms with van der Waals surface area (Å²) in [5, 5.41) is 3.04. The summed E-state index contributed by atoms with van der Waals surface area (Å²) < 4.78 is 5.67. The van der Waals surface area contributed by atoms with Crippen molar-refractivity contribution >= 4 is 18.3 Å². The van der Waals surface area contributed by atoms with E-state index >= 15 is 0 Å². The number of carbonyl (C=O) groups is 1. The van der Waals surface area contributed by atoms with E-state index in [-0.39, 0.29) is 24.4 Å². The van der Waals surface area contributed by atoms with Gasteiger partial charge in [0.2, 0.25) is 5.91 Å². The minimum absolute atomic E-state index is 0. The van der Waals surface area contributed by atoms with Crippen molar-refractivity contribution in [2.24, 2.45) is 11.7 Å². The van der Waals surface area contributed by atoms with Gasteiger partial charge >= 0.3 is 0 Å². The van der Waals surface area contributed by atoms with Crippen molar-refractivity contribution in [3.05, 3.63) is 29.8 Å². The highest BCUT2D eigenvalue weighted by atomic mass is 35.5. The molecule has 5 heteroatoms. The van der Waals surface area contributed by atoms with Gasteiger partial charge in [-0.15, -0.1) is 12.4 Å². The lowest BCUT2D eigenvalue weighted by molar-refractivity contribution is -0.122. The molecule has 2 rings (SSSR count). The number of benzene rings is 1. The van der Waals surface area contributed by atoms with Crippen LogP contribution in [0.15, 0.2) is 24.3 Å². The third-order valence-corrected chi connectivity index (χ3v) is 3.85. The largest absolute Gasteiger partial charge is 0.494 e. The van der Waals surface area contributed by atoms with Crippen molar-refractivity contribution in [3.8, 4) is 5.75 Å². The van der Waals surface area contributed by atoms with Crippen LogP contribution in [-0.2, 0) is 4.79 Å². The first-order valence-corrected chi connectivity index (χ1v) is 7.88. The van der Waals surface area contributed by atoms with E-state index in [2.05, 4.69) is 5.32 Å². The topological polar surface area (TPSA) is 64.3 Å². The fourth-order valence-electron chi connectivity index (χ4n) is 2.43. The van der Waals surface area contributed by atoms with Gasteiger partial charge in [0.1, 0.15) is 5.75 Å². The molecule has 1 saturated carbocycles. The lowest BCUT2D eigenvalue weighted by Crippen LogP contribution is -2.41. The Bertz CT molecular complexity index is 464. The number of ether oxygens (including phenoxy) is 1. The second kappa shape index (κ2) is 9.70. The van der Waals surface area contributed by atoms with Gasteiger partial charge < -0.3 is 15.8 Å². The van der Waals surface area contributed by atoms with Gasteiger partial charge in [0.05, 0.1) is 6.61 Å². The Hall–Kier alpha value is -1.26. The van der Waals surface area contributed by atoms with E-state index in [0.717, 1.165) is 18.6 Å². The number of hydrogen-bond donors (Lipinski definition) is 2. The van der Waals surface area contributed by atoms with Crippen LogP contribution in [0.2, 0.25) is 0 Å². The van der Waals surface area contributed by atoms with Gasteiger partial charge in [0.15, 0.2) is 0 Å². The fraction of sp³-hybridized carbons (Fsp3) is 0.588. The van der Waals surface area contributed by atoms with Crippen LogP contribution in [0.4, 0.5) is 0 Å². The third-order valence-electron chi connectivity index (χ3n) is 3.85. The highest BCUT2D eigenvalue weighted by molar-refractivity contribution is 5.85. The number of hydrogen-bond acceptors (Lipinski definition) is 3. The Kier molecular flexibility index (Phi) is 8.28. The molecule has 0 saturated heterocycles. The van der Waals surface area contributed by atoms with Gasteiger partial charge in [0, 0.05) is 19.0 Å². The Labute approximate surface area is 139 Å². The van der Waals surface area contributed by atoms with Crippen LogP contribution >= 0.6 is 12.4 Å². The van der Waals surface area contributed by atoms with Crippen LogP contribution in [-0.4, -0.2) is 25.1 Å². The molecule has 1 aliphatic rings. The molecule has 1 amide bonds. The molecule has 3 N–H and O–H groups in total. The monoisotopic (exact) mass is 326 g/mol. The smallest absolute Gasteiger partial charge is 0.220 e. The summed E-state index contributed by atoms with van der Waals surface area (Å²) in [5.41, 5.74) is 6.87. The Balaban J connectivity index is 0.00000242. The molecule has 0 heterocycles. The van der Waals surface area contributed by atoms with E-state index in [0.29, 0.717) is 25.5 Å². The predicted octanol–water partition coefficient (Wildman–Crippen LogP) is 2.82. The first-order chi connectivity index (χ1) is 10.2. The van der Waals surface area contributed by atoms with Crippen molar-refractivity contribution in [1.82, 2.24) is 5.32 Å². The third kappa shape index (κ3) is 6.67. The maximum Gasteiger partial charge on any atom is 0.220 e. The first kappa shape index (κ1) is 18.8. The standard InChI is InChI=1S/C17H26N2O2.ClH/c1-13-5-4-6-15(11-13)21-10-3-2-7-17(20)19-16(12-18)14-8-9-14;/h4-6,11,14,16H,2-3,7-10,12,18H2,1H3,(H,19,20);1H. The number of nitrogens with one attached hydrogen (secondary N) is 1. The van der Waals surface area contributed by atoms with Crippen LogP contribution < -0.4 is 15.8 Å². The van der Waals surface area contributed by atoms with Crippen molar-refractivity contribution in [2.45, 2.75) is 45.1 Å². The molecule has 0 aliphatic heterocycles. The molecule has 1 atom stereocenters. The predicted molar refractivity (Wildman–Crippen MR) is 91.5 cm³/mol. The van der Waals surface area contributed by atoms with E-state index in [1.54, 1.807) is 0 Å². The number of unbranched alkanes of at least 4 members (excludes halogenated alkanes) is 1. The molecule has 0 spiro atoms. The van der Waals surface area contributed by atoms with Gasteiger partial charge in [-0.25, -0.2) is 0 Å². The average molecular weight is 327 g/mol. The van der Waals surface area contributed by atoms with E-state index in [4.69, 9.17) is 10.5 Å². The lowest BCUT2D eigenvalue weighted by Gasteiger charge is -2.15. The number of amides is 1. The number of aryl methyl sites for hydroxylation is 1. The number of halogens is 1. The SMILES string of the molecule is Cc1cccc(OCCCCC(=O)NC(CN)C2CC2)c1.Cl. The molecule has 0 aromatic heterocycles. The number of carbonyl (C=O) groups excluding carboxylic acids is 1. The summed E-state index contributed by atoms with van der Waals surface area (Å²) in [6, 6.07) is 8.20. The zero-order chi connectivity index (χ0) is 15.1. The molecule has 1 aliphatic carbocycles. The Morgan fingerprint density at radius 1 is 1.41 bits per heavy atom.